The molecule has 0 radical (unpaired) electrons. The lowest BCUT2D eigenvalue weighted by molar-refractivity contribution is 0.523. The zero-order chi connectivity index (χ0) is 13.8. The maximum absolute atomic E-state index is 6.24. The minimum absolute atomic E-state index is 0.0716. The van der Waals surface area contributed by atoms with Gasteiger partial charge in [0.15, 0.2) is 0 Å². The second-order valence-corrected chi connectivity index (χ2v) is 5.54. The number of aromatic nitrogens is 2. The molecule has 2 rings (SSSR count). The number of nitrogens with two attached hydrogens (primary N) is 1. The van der Waals surface area contributed by atoms with Crippen LogP contribution in [0.3, 0.4) is 0 Å². The predicted molar refractivity (Wildman–Crippen MR) is 80.8 cm³/mol. The zero-order valence-corrected chi connectivity index (χ0v) is 12.9. The van der Waals surface area contributed by atoms with Crippen molar-refractivity contribution in [2.75, 3.05) is 0 Å². The Hall–Kier alpha value is -0.880. The molecule has 1 unspecified atom stereocenters. The number of hydrazine groups is 1. The zero-order valence-electron chi connectivity index (χ0n) is 10.6. The second kappa shape index (κ2) is 6.52. The van der Waals surface area contributed by atoms with E-state index in [0.29, 0.717) is 11.4 Å². The first-order chi connectivity index (χ1) is 9.15. The van der Waals surface area contributed by atoms with Gasteiger partial charge in [-0.05, 0) is 30.7 Å². The molecular formula is C13H16BrClN4. The third kappa shape index (κ3) is 3.36. The first kappa shape index (κ1) is 14.5. The van der Waals surface area contributed by atoms with E-state index >= 15 is 0 Å². The number of halogens is 2. The summed E-state index contributed by atoms with van der Waals surface area (Å²) in [6.07, 6.45) is 4.45. The van der Waals surface area contributed by atoms with Gasteiger partial charge in [-0.15, -0.1) is 0 Å². The minimum atomic E-state index is -0.0716. The van der Waals surface area contributed by atoms with Crippen molar-refractivity contribution in [1.82, 2.24) is 15.0 Å². The lowest BCUT2D eigenvalue weighted by Crippen LogP contribution is -2.30. The molecule has 0 aliphatic carbocycles. The fourth-order valence-corrected chi connectivity index (χ4v) is 2.67. The van der Waals surface area contributed by atoms with Gasteiger partial charge in [0.2, 0.25) is 0 Å². The standard InChI is InChI=1S/C13H16BrClN4/c1-2-19-6-5-17-13(19)8-12(18-16)10-7-9(14)3-4-11(10)15/h3-7,12,18H,2,8,16H2,1H3. The van der Waals surface area contributed by atoms with E-state index in [1.54, 1.807) is 6.20 Å². The molecule has 0 bridgehead atoms. The predicted octanol–water partition coefficient (Wildman–Crippen LogP) is 3.07. The molecule has 1 heterocycles. The quantitative estimate of drug-likeness (QED) is 0.648. The first-order valence-electron chi connectivity index (χ1n) is 6.06. The van der Waals surface area contributed by atoms with Crippen LogP contribution in [0.5, 0.6) is 0 Å². The Morgan fingerprint density at radius 1 is 1.53 bits per heavy atom. The normalized spacial score (nSPS) is 12.6. The maximum Gasteiger partial charge on any atom is 0.110 e. The molecule has 102 valence electrons. The van der Waals surface area contributed by atoms with Gasteiger partial charge in [0.1, 0.15) is 5.82 Å². The van der Waals surface area contributed by atoms with Crippen molar-refractivity contribution in [3.05, 3.63) is 51.5 Å². The highest BCUT2D eigenvalue weighted by molar-refractivity contribution is 9.10. The van der Waals surface area contributed by atoms with Gasteiger partial charge in [-0.2, -0.15) is 0 Å². The number of rotatable bonds is 5. The summed E-state index contributed by atoms with van der Waals surface area (Å²) in [4.78, 5) is 4.36. The van der Waals surface area contributed by atoms with E-state index in [1.807, 2.05) is 24.4 Å². The third-order valence-corrected chi connectivity index (χ3v) is 3.90. The number of nitrogens with one attached hydrogen (secondary N) is 1. The lowest BCUT2D eigenvalue weighted by Gasteiger charge is -2.18. The van der Waals surface area contributed by atoms with Gasteiger partial charge in [0.05, 0.1) is 6.04 Å². The van der Waals surface area contributed by atoms with Gasteiger partial charge in [-0.1, -0.05) is 27.5 Å². The SMILES string of the molecule is CCn1ccnc1CC(NN)c1cc(Br)ccc1Cl. The molecule has 3 N–H and O–H groups in total. The van der Waals surface area contributed by atoms with Crippen LogP contribution in [-0.2, 0) is 13.0 Å². The molecule has 1 atom stereocenters. The Bertz CT molecular complexity index is 555. The van der Waals surface area contributed by atoms with Crippen molar-refractivity contribution in [2.45, 2.75) is 25.9 Å². The summed E-state index contributed by atoms with van der Waals surface area (Å²) < 4.78 is 3.07. The van der Waals surface area contributed by atoms with Gasteiger partial charge in [-0.25, -0.2) is 4.98 Å². The van der Waals surface area contributed by atoms with Crippen LogP contribution in [0.4, 0.5) is 0 Å². The lowest BCUT2D eigenvalue weighted by atomic mass is 10.0. The molecule has 1 aromatic heterocycles. The molecule has 4 nitrogen and oxygen atoms in total. The largest absolute Gasteiger partial charge is 0.335 e. The number of hydrogen-bond acceptors (Lipinski definition) is 3. The van der Waals surface area contributed by atoms with E-state index in [9.17, 15) is 0 Å². The first-order valence-corrected chi connectivity index (χ1v) is 7.24. The Morgan fingerprint density at radius 2 is 2.32 bits per heavy atom. The number of aryl methyl sites for hydroxylation is 1. The van der Waals surface area contributed by atoms with Crippen LogP contribution in [0.15, 0.2) is 35.1 Å². The molecule has 2 aromatic rings. The van der Waals surface area contributed by atoms with E-state index < -0.39 is 0 Å². The van der Waals surface area contributed by atoms with Gasteiger partial charge in [-0.3, -0.25) is 11.3 Å². The van der Waals surface area contributed by atoms with Gasteiger partial charge >= 0.3 is 0 Å². The molecule has 0 spiro atoms. The molecule has 0 fully saturated rings. The van der Waals surface area contributed by atoms with Crippen LogP contribution in [0, 0.1) is 0 Å². The highest BCUT2D eigenvalue weighted by atomic mass is 79.9. The monoisotopic (exact) mass is 342 g/mol. The Morgan fingerprint density at radius 3 is 3.00 bits per heavy atom. The molecule has 1 aromatic carbocycles. The van der Waals surface area contributed by atoms with Crippen LogP contribution in [0.25, 0.3) is 0 Å². The van der Waals surface area contributed by atoms with Gasteiger partial charge in [0.25, 0.3) is 0 Å². The minimum Gasteiger partial charge on any atom is -0.335 e. The van der Waals surface area contributed by atoms with Crippen molar-refractivity contribution in [3.63, 3.8) is 0 Å². The summed E-state index contributed by atoms with van der Waals surface area (Å²) in [6, 6.07) is 5.67. The number of nitrogens with zero attached hydrogens (tertiary/aromatic N) is 2. The van der Waals surface area contributed by atoms with Gasteiger partial charge < -0.3 is 4.57 Å². The fraction of sp³-hybridized carbons (Fsp3) is 0.308. The van der Waals surface area contributed by atoms with E-state index in [0.717, 1.165) is 22.4 Å². The summed E-state index contributed by atoms with van der Waals surface area (Å²) in [5.41, 5.74) is 3.78. The summed E-state index contributed by atoms with van der Waals surface area (Å²) in [5.74, 6) is 6.66. The number of hydrogen-bond donors (Lipinski definition) is 2. The van der Waals surface area contributed by atoms with Crippen molar-refractivity contribution in [3.8, 4) is 0 Å². The van der Waals surface area contributed by atoms with Crippen molar-refractivity contribution in [1.29, 1.82) is 0 Å². The van der Waals surface area contributed by atoms with Crippen LogP contribution in [0.1, 0.15) is 24.4 Å². The van der Waals surface area contributed by atoms with E-state index in [2.05, 4.69) is 37.8 Å². The molecule has 0 amide bonds. The second-order valence-electron chi connectivity index (χ2n) is 4.22. The molecule has 0 aliphatic heterocycles. The van der Waals surface area contributed by atoms with Crippen LogP contribution >= 0.6 is 27.5 Å². The van der Waals surface area contributed by atoms with Crippen molar-refractivity contribution in [2.24, 2.45) is 5.84 Å². The average Bonchev–Trinajstić information content (AvgIpc) is 2.86. The number of imidazole rings is 1. The summed E-state index contributed by atoms with van der Waals surface area (Å²) in [6.45, 7) is 2.97. The van der Waals surface area contributed by atoms with Crippen LogP contribution in [-0.4, -0.2) is 9.55 Å². The number of benzene rings is 1. The Kier molecular flexibility index (Phi) is 4.99. The van der Waals surface area contributed by atoms with E-state index in [4.69, 9.17) is 17.4 Å². The van der Waals surface area contributed by atoms with Crippen LogP contribution < -0.4 is 11.3 Å². The smallest absolute Gasteiger partial charge is 0.110 e. The van der Waals surface area contributed by atoms with E-state index in [1.165, 1.54) is 0 Å². The molecule has 0 aliphatic rings. The highest BCUT2D eigenvalue weighted by Crippen LogP contribution is 2.28. The average molecular weight is 344 g/mol. The van der Waals surface area contributed by atoms with Crippen molar-refractivity contribution >= 4 is 27.5 Å². The van der Waals surface area contributed by atoms with Crippen molar-refractivity contribution < 1.29 is 0 Å². The summed E-state index contributed by atoms with van der Waals surface area (Å²) in [7, 11) is 0. The topological polar surface area (TPSA) is 55.9 Å². The summed E-state index contributed by atoms with van der Waals surface area (Å²) in [5, 5.41) is 0.695. The third-order valence-electron chi connectivity index (χ3n) is 3.06. The molecular weight excluding hydrogens is 328 g/mol. The fourth-order valence-electron chi connectivity index (χ4n) is 2.04. The summed E-state index contributed by atoms with van der Waals surface area (Å²) >= 11 is 9.69. The Balaban J connectivity index is 2.27. The maximum atomic E-state index is 6.24. The van der Waals surface area contributed by atoms with Crippen LogP contribution in [0.2, 0.25) is 5.02 Å². The Labute approximate surface area is 126 Å². The molecule has 0 saturated heterocycles. The highest BCUT2D eigenvalue weighted by Gasteiger charge is 2.16. The molecule has 19 heavy (non-hydrogen) atoms. The molecule has 6 heteroatoms. The molecule has 0 saturated carbocycles. The van der Waals surface area contributed by atoms with Gasteiger partial charge in [0, 0.05) is 34.9 Å². The van der Waals surface area contributed by atoms with E-state index in [-0.39, 0.29) is 6.04 Å².